The molecule has 3 aromatic rings. The number of hydrogen-bond acceptors (Lipinski definition) is 4. The summed E-state index contributed by atoms with van der Waals surface area (Å²) in [6.45, 7) is 3.84. The fourth-order valence-electron chi connectivity index (χ4n) is 4.40. The summed E-state index contributed by atoms with van der Waals surface area (Å²) in [5.74, 6) is 0.591. The number of amides is 1. The average molecular weight is 391 g/mol. The molecule has 0 unspecified atom stereocenters. The molecule has 4 heterocycles. The fraction of sp³-hybridized carbons (Fsp3) is 0.455. The number of fused-ring (bicyclic) bond motifs is 1. The minimum atomic E-state index is -0.0602. The first-order valence-electron chi connectivity index (χ1n) is 10.4. The highest BCUT2D eigenvalue weighted by atomic mass is 16.2. The molecule has 2 fully saturated rings. The lowest BCUT2D eigenvalue weighted by molar-refractivity contribution is 0.0678. The van der Waals surface area contributed by atoms with Crippen LogP contribution in [0.5, 0.6) is 0 Å². The van der Waals surface area contributed by atoms with Gasteiger partial charge in [0.15, 0.2) is 5.65 Å². The lowest BCUT2D eigenvalue weighted by Crippen LogP contribution is -2.43. The number of carbonyl (C=O) groups is 1. The van der Waals surface area contributed by atoms with E-state index in [1.54, 1.807) is 18.5 Å². The monoisotopic (exact) mass is 391 g/mol. The van der Waals surface area contributed by atoms with Gasteiger partial charge in [0.25, 0.3) is 5.91 Å². The predicted molar refractivity (Wildman–Crippen MR) is 110 cm³/mol. The maximum atomic E-state index is 13.3. The normalized spacial score (nSPS) is 19.6. The van der Waals surface area contributed by atoms with Crippen molar-refractivity contribution in [2.75, 3.05) is 13.1 Å². The fourth-order valence-corrected chi connectivity index (χ4v) is 4.40. The Labute approximate surface area is 169 Å². The summed E-state index contributed by atoms with van der Waals surface area (Å²) in [7, 11) is 0. The third-order valence-electron chi connectivity index (χ3n) is 6.15. The molecular weight excluding hydrogens is 366 g/mol. The maximum absolute atomic E-state index is 13.3. The van der Waals surface area contributed by atoms with Crippen molar-refractivity contribution in [3.05, 3.63) is 58.4 Å². The number of aromatic nitrogens is 4. The highest BCUT2D eigenvalue weighted by molar-refractivity contribution is 5.95. The number of hydrogen-bond donors (Lipinski definition) is 0. The summed E-state index contributed by atoms with van der Waals surface area (Å²) in [5.41, 5.74) is 3.00. The summed E-state index contributed by atoms with van der Waals surface area (Å²) >= 11 is 0. The predicted octanol–water partition coefficient (Wildman–Crippen LogP) is 2.79. The SMILES string of the molecule is Cc1ncccc1C(=O)N1CCC[C@H](n2c(=O)n(CC3CC3)c3cccnc32)C1. The molecule has 0 radical (unpaired) electrons. The first-order chi connectivity index (χ1) is 14.1. The van der Waals surface area contributed by atoms with Crippen LogP contribution >= 0.6 is 0 Å². The van der Waals surface area contributed by atoms with Gasteiger partial charge in [0, 0.05) is 37.7 Å². The van der Waals surface area contributed by atoms with Gasteiger partial charge in [-0.15, -0.1) is 0 Å². The molecular formula is C22H25N5O2. The molecule has 3 aromatic heterocycles. The zero-order valence-electron chi connectivity index (χ0n) is 16.6. The molecule has 0 N–H and O–H groups in total. The van der Waals surface area contributed by atoms with E-state index in [9.17, 15) is 9.59 Å². The Morgan fingerprint density at radius 3 is 2.72 bits per heavy atom. The highest BCUT2D eigenvalue weighted by Gasteiger charge is 2.31. The van der Waals surface area contributed by atoms with Gasteiger partial charge in [-0.1, -0.05) is 0 Å². The zero-order chi connectivity index (χ0) is 20.0. The smallest absolute Gasteiger partial charge is 0.330 e. The Kier molecular flexibility index (Phi) is 4.45. The number of rotatable bonds is 4. The molecule has 0 aromatic carbocycles. The van der Waals surface area contributed by atoms with E-state index in [4.69, 9.17) is 0 Å². The number of likely N-dealkylation sites (tertiary alicyclic amines) is 1. The van der Waals surface area contributed by atoms with Gasteiger partial charge in [0.05, 0.1) is 17.1 Å². The molecule has 1 aliphatic heterocycles. The molecule has 150 valence electrons. The van der Waals surface area contributed by atoms with Gasteiger partial charge in [-0.25, -0.2) is 9.78 Å². The Balaban J connectivity index is 1.49. The van der Waals surface area contributed by atoms with Gasteiger partial charge in [-0.2, -0.15) is 0 Å². The Bertz CT molecular complexity index is 1130. The summed E-state index contributed by atoms with van der Waals surface area (Å²) in [6, 6.07) is 7.42. The third-order valence-corrected chi connectivity index (χ3v) is 6.15. The quantitative estimate of drug-likeness (QED) is 0.686. The van der Waals surface area contributed by atoms with E-state index in [2.05, 4.69) is 9.97 Å². The molecule has 1 amide bonds. The van der Waals surface area contributed by atoms with E-state index in [0.29, 0.717) is 24.6 Å². The topological polar surface area (TPSA) is 73.0 Å². The maximum Gasteiger partial charge on any atom is 0.330 e. The largest absolute Gasteiger partial charge is 0.337 e. The third kappa shape index (κ3) is 3.24. The highest BCUT2D eigenvalue weighted by Crippen LogP contribution is 2.32. The van der Waals surface area contributed by atoms with Crippen molar-refractivity contribution >= 4 is 17.1 Å². The summed E-state index contributed by atoms with van der Waals surface area (Å²) in [5, 5.41) is 0. The molecule has 1 saturated heterocycles. The first-order valence-corrected chi connectivity index (χ1v) is 10.4. The molecule has 7 nitrogen and oxygen atoms in total. The van der Waals surface area contributed by atoms with Crippen molar-refractivity contribution in [3.8, 4) is 0 Å². The van der Waals surface area contributed by atoms with Crippen LogP contribution in [0.25, 0.3) is 11.2 Å². The van der Waals surface area contributed by atoms with Crippen LogP contribution in [0.15, 0.2) is 41.5 Å². The number of aryl methyl sites for hydroxylation is 1. The second kappa shape index (κ2) is 7.13. The van der Waals surface area contributed by atoms with Gasteiger partial charge in [-0.3, -0.25) is 18.9 Å². The van der Waals surface area contributed by atoms with Crippen molar-refractivity contribution < 1.29 is 4.79 Å². The van der Waals surface area contributed by atoms with E-state index in [-0.39, 0.29) is 17.6 Å². The van der Waals surface area contributed by atoms with Crippen LogP contribution in [0, 0.1) is 12.8 Å². The molecule has 7 heteroatoms. The van der Waals surface area contributed by atoms with Crippen molar-refractivity contribution in [1.29, 1.82) is 0 Å². The minimum absolute atomic E-state index is 0.00228. The van der Waals surface area contributed by atoms with Crippen molar-refractivity contribution in [2.24, 2.45) is 5.92 Å². The molecule has 5 rings (SSSR count). The summed E-state index contributed by atoms with van der Waals surface area (Å²) < 4.78 is 3.71. The Morgan fingerprint density at radius 2 is 1.93 bits per heavy atom. The molecule has 1 atom stereocenters. The Morgan fingerprint density at radius 1 is 1.14 bits per heavy atom. The number of imidazole rings is 1. The van der Waals surface area contributed by atoms with Crippen molar-refractivity contribution in [3.63, 3.8) is 0 Å². The number of pyridine rings is 2. The molecule has 1 saturated carbocycles. The second-order valence-electron chi connectivity index (χ2n) is 8.24. The number of carbonyl (C=O) groups excluding carboxylic acids is 1. The van der Waals surface area contributed by atoms with Crippen LogP contribution in [-0.4, -0.2) is 43.0 Å². The lowest BCUT2D eigenvalue weighted by Gasteiger charge is -2.33. The van der Waals surface area contributed by atoms with E-state index in [1.807, 2.05) is 39.2 Å². The van der Waals surface area contributed by atoms with Gasteiger partial charge in [0.1, 0.15) is 0 Å². The van der Waals surface area contributed by atoms with Crippen LogP contribution in [0.4, 0.5) is 0 Å². The van der Waals surface area contributed by atoms with Gasteiger partial charge < -0.3 is 4.90 Å². The van der Waals surface area contributed by atoms with E-state index in [1.165, 1.54) is 12.8 Å². The first kappa shape index (κ1) is 18.1. The van der Waals surface area contributed by atoms with E-state index >= 15 is 0 Å². The van der Waals surface area contributed by atoms with E-state index in [0.717, 1.165) is 36.2 Å². The van der Waals surface area contributed by atoms with Gasteiger partial charge >= 0.3 is 5.69 Å². The average Bonchev–Trinajstić information content (AvgIpc) is 3.52. The Hall–Kier alpha value is -2.96. The molecule has 0 spiro atoms. The minimum Gasteiger partial charge on any atom is -0.337 e. The van der Waals surface area contributed by atoms with Gasteiger partial charge in [0.2, 0.25) is 0 Å². The van der Waals surface area contributed by atoms with Crippen LogP contribution in [0.1, 0.15) is 47.8 Å². The van der Waals surface area contributed by atoms with Gasteiger partial charge in [-0.05, 0) is 62.8 Å². The van der Waals surface area contributed by atoms with Crippen LogP contribution < -0.4 is 5.69 Å². The van der Waals surface area contributed by atoms with Crippen LogP contribution in [0.2, 0.25) is 0 Å². The standard InChI is InChI=1S/C22H25N5O2/c1-15-18(6-2-10-23-15)21(28)25-12-4-5-17(14-25)27-20-19(7-3-11-24-20)26(22(27)29)13-16-8-9-16/h2-3,6-7,10-11,16-17H,4-5,8-9,12-14H2,1H3/t17-/m0/s1. The summed E-state index contributed by atoms with van der Waals surface area (Å²) in [4.78, 5) is 37.0. The van der Waals surface area contributed by atoms with Crippen LogP contribution in [-0.2, 0) is 6.54 Å². The molecule has 29 heavy (non-hydrogen) atoms. The van der Waals surface area contributed by atoms with Crippen LogP contribution in [0.3, 0.4) is 0 Å². The second-order valence-corrected chi connectivity index (χ2v) is 8.24. The zero-order valence-corrected chi connectivity index (χ0v) is 16.6. The lowest BCUT2D eigenvalue weighted by atomic mass is 10.0. The molecule has 2 aliphatic rings. The van der Waals surface area contributed by atoms with Crippen molar-refractivity contribution in [2.45, 2.75) is 45.2 Å². The number of piperidine rings is 1. The summed E-state index contributed by atoms with van der Waals surface area (Å²) in [6.07, 6.45) is 7.56. The van der Waals surface area contributed by atoms with E-state index < -0.39 is 0 Å². The molecule has 1 aliphatic carbocycles. The number of nitrogens with zero attached hydrogens (tertiary/aromatic N) is 5. The molecule has 0 bridgehead atoms. The van der Waals surface area contributed by atoms with Crippen molar-refractivity contribution in [1.82, 2.24) is 24.0 Å².